The first kappa shape index (κ1) is 17.4. The Morgan fingerprint density at radius 2 is 2.04 bits per heavy atom. The molecule has 1 aromatic carbocycles. The van der Waals surface area contributed by atoms with Gasteiger partial charge in [0.2, 0.25) is 5.91 Å². The lowest BCUT2D eigenvalue weighted by Gasteiger charge is -2.36. The van der Waals surface area contributed by atoms with Gasteiger partial charge in [-0.3, -0.25) is 9.78 Å². The summed E-state index contributed by atoms with van der Waals surface area (Å²) >= 11 is 0. The van der Waals surface area contributed by atoms with E-state index >= 15 is 0 Å². The first-order valence-electron chi connectivity index (χ1n) is 8.02. The van der Waals surface area contributed by atoms with Crippen molar-refractivity contribution in [2.24, 2.45) is 0 Å². The Hall–Kier alpha value is -2.41. The molecule has 3 rings (SSSR count). The average Bonchev–Trinajstić information content (AvgIpc) is 2.62. The van der Waals surface area contributed by atoms with Crippen LogP contribution in [0, 0.1) is 0 Å². The van der Waals surface area contributed by atoms with Gasteiger partial charge in [0.1, 0.15) is 0 Å². The van der Waals surface area contributed by atoms with E-state index in [9.17, 15) is 18.0 Å². The van der Waals surface area contributed by atoms with Gasteiger partial charge >= 0.3 is 6.18 Å². The van der Waals surface area contributed by atoms with Crippen molar-refractivity contribution in [3.05, 3.63) is 65.5 Å². The van der Waals surface area contributed by atoms with Crippen LogP contribution in [0.4, 0.5) is 13.2 Å². The van der Waals surface area contributed by atoms with Crippen LogP contribution in [0.3, 0.4) is 0 Å². The van der Waals surface area contributed by atoms with Crippen LogP contribution in [0.15, 0.2) is 48.8 Å². The van der Waals surface area contributed by atoms with E-state index in [1.807, 2.05) is 6.07 Å². The monoisotopic (exact) mass is 349 g/mol. The van der Waals surface area contributed by atoms with Gasteiger partial charge in [-0.25, -0.2) is 0 Å². The lowest BCUT2D eigenvalue weighted by atomic mass is 10.0. The van der Waals surface area contributed by atoms with Crippen molar-refractivity contribution >= 4 is 5.91 Å². The molecule has 2 aromatic rings. The molecular weight excluding hydrogens is 331 g/mol. The Kier molecular flexibility index (Phi) is 5.03. The first-order valence-corrected chi connectivity index (χ1v) is 8.02. The van der Waals surface area contributed by atoms with Gasteiger partial charge in [0, 0.05) is 32.0 Å². The van der Waals surface area contributed by atoms with Gasteiger partial charge in [0.25, 0.3) is 0 Å². The van der Waals surface area contributed by atoms with Gasteiger partial charge in [-0.1, -0.05) is 24.3 Å². The van der Waals surface area contributed by atoms with Crippen LogP contribution < -0.4 is 5.32 Å². The van der Waals surface area contributed by atoms with Crippen molar-refractivity contribution in [3.63, 3.8) is 0 Å². The molecule has 132 valence electrons. The van der Waals surface area contributed by atoms with E-state index < -0.39 is 11.7 Å². The van der Waals surface area contributed by atoms with Crippen molar-refractivity contribution in [2.75, 3.05) is 19.6 Å². The molecule has 0 radical (unpaired) electrons. The third kappa shape index (κ3) is 3.99. The second-order valence-corrected chi connectivity index (χ2v) is 5.93. The number of aromatic nitrogens is 1. The highest BCUT2D eigenvalue weighted by atomic mass is 19.4. The van der Waals surface area contributed by atoms with Crippen LogP contribution in [0.25, 0.3) is 0 Å². The SMILES string of the molecule is O=C(Cc1ccccc1C(F)(F)F)N1CCNCC1c1cccnc1. The summed E-state index contributed by atoms with van der Waals surface area (Å²) in [6.45, 7) is 1.62. The number of benzene rings is 1. The number of piperazine rings is 1. The molecule has 25 heavy (non-hydrogen) atoms. The maximum atomic E-state index is 13.1. The zero-order chi connectivity index (χ0) is 17.9. The lowest BCUT2D eigenvalue weighted by molar-refractivity contribution is -0.139. The topological polar surface area (TPSA) is 45.2 Å². The number of hydrogen-bond donors (Lipinski definition) is 1. The van der Waals surface area contributed by atoms with E-state index in [4.69, 9.17) is 0 Å². The maximum absolute atomic E-state index is 13.1. The van der Waals surface area contributed by atoms with Crippen LogP contribution in [0.2, 0.25) is 0 Å². The zero-order valence-electron chi connectivity index (χ0n) is 13.5. The molecule has 0 saturated carbocycles. The first-order chi connectivity index (χ1) is 12.0. The molecule has 1 aromatic heterocycles. The number of hydrogen-bond acceptors (Lipinski definition) is 3. The van der Waals surface area contributed by atoms with Crippen LogP contribution in [0.5, 0.6) is 0 Å². The molecular formula is C18H18F3N3O. The fourth-order valence-corrected chi connectivity index (χ4v) is 3.09. The van der Waals surface area contributed by atoms with Crippen LogP contribution in [-0.2, 0) is 17.4 Å². The number of alkyl halides is 3. The van der Waals surface area contributed by atoms with Crippen molar-refractivity contribution in [3.8, 4) is 0 Å². The molecule has 2 heterocycles. The summed E-state index contributed by atoms with van der Waals surface area (Å²) < 4.78 is 39.4. The lowest BCUT2D eigenvalue weighted by Crippen LogP contribution is -2.49. The summed E-state index contributed by atoms with van der Waals surface area (Å²) in [5, 5.41) is 3.22. The Balaban J connectivity index is 1.83. The number of nitrogens with one attached hydrogen (secondary N) is 1. The van der Waals surface area contributed by atoms with Gasteiger partial charge in [-0.2, -0.15) is 13.2 Å². The summed E-state index contributed by atoms with van der Waals surface area (Å²) in [5.74, 6) is -0.313. The highest BCUT2D eigenvalue weighted by molar-refractivity contribution is 5.80. The molecule has 1 amide bonds. The Morgan fingerprint density at radius 1 is 1.24 bits per heavy atom. The van der Waals surface area contributed by atoms with Gasteiger partial charge in [-0.15, -0.1) is 0 Å². The van der Waals surface area contributed by atoms with E-state index in [0.29, 0.717) is 19.6 Å². The van der Waals surface area contributed by atoms with E-state index in [0.717, 1.165) is 11.6 Å². The Labute approximate surface area is 143 Å². The summed E-state index contributed by atoms with van der Waals surface area (Å²) in [5.41, 5.74) is 0.118. The number of rotatable bonds is 3. The smallest absolute Gasteiger partial charge is 0.333 e. The van der Waals surface area contributed by atoms with Crippen molar-refractivity contribution in [1.82, 2.24) is 15.2 Å². The number of amides is 1. The van der Waals surface area contributed by atoms with E-state index in [2.05, 4.69) is 10.3 Å². The third-order valence-electron chi connectivity index (χ3n) is 4.30. The second kappa shape index (κ2) is 7.23. The molecule has 0 aliphatic carbocycles. The zero-order valence-corrected chi connectivity index (χ0v) is 13.5. The molecule has 1 aliphatic rings. The van der Waals surface area contributed by atoms with Gasteiger partial charge in [0.05, 0.1) is 18.0 Å². The standard InChI is InChI=1S/C18H18F3N3O/c19-18(20,21)15-6-2-1-4-13(15)10-17(25)24-9-8-23-12-16(24)14-5-3-7-22-11-14/h1-7,11,16,23H,8-10,12H2. The Bertz CT molecular complexity index is 734. The summed E-state index contributed by atoms with van der Waals surface area (Å²) in [4.78, 5) is 18.4. The van der Waals surface area contributed by atoms with Crippen LogP contribution >= 0.6 is 0 Å². The van der Waals surface area contributed by atoms with E-state index in [-0.39, 0.29) is 23.9 Å². The minimum atomic E-state index is -4.47. The average molecular weight is 349 g/mol. The number of halogens is 3. The summed E-state index contributed by atoms with van der Waals surface area (Å²) in [7, 11) is 0. The van der Waals surface area contributed by atoms with Crippen molar-refractivity contribution in [1.29, 1.82) is 0 Å². The second-order valence-electron chi connectivity index (χ2n) is 5.93. The predicted octanol–water partition coefficient (Wildman–Crippen LogP) is 2.82. The van der Waals surface area contributed by atoms with E-state index in [1.54, 1.807) is 23.4 Å². The fourth-order valence-electron chi connectivity index (χ4n) is 3.09. The highest BCUT2D eigenvalue weighted by Gasteiger charge is 2.34. The quantitative estimate of drug-likeness (QED) is 0.927. The number of carbonyl (C=O) groups is 1. The summed E-state index contributed by atoms with van der Waals surface area (Å²) in [6.07, 6.45) is -1.41. The van der Waals surface area contributed by atoms with Crippen LogP contribution in [0.1, 0.15) is 22.7 Å². The van der Waals surface area contributed by atoms with Crippen molar-refractivity contribution in [2.45, 2.75) is 18.6 Å². The van der Waals surface area contributed by atoms with Crippen LogP contribution in [-0.4, -0.2) is 35.4 Å². The maximum Gasteiger partial charge on any atom is 0.416 e. The third-order valence-corrected chi connectivity index (χ3v) is 4.30. The molecule has 0 bridgehead atoms. The van der Waals surface area contributed by atoms with E-state index in [1.165, 1.54) is 18.2 Å². The molecule has 1 aliphatic heterocycles. The predicted molar refractivity (Wildman–Crippen MR) is 86.7 cm³/mol. The minimum Gasteiger partial charge on any atom is -0.333 e. The molecule has 0 spiro atoms. The number of pyridine rings is 1. The van der Waals surface area contributed by atoms with Gasteiger partial charge < -0.3 is 10.2 Å². The normalized spacial score (nSPS) is 18.2. The molecule has 7 heteroatoms. The minimum absolute atomic E-state index is 0.00321. The van der Waals surface area contributed by atoms with Gasteiger partial charge in [0.15, 0.2) is 0 Å². The number of nitrogens with zero attached hydrogens (tertiary/aromatic N) is 2. The molecule has 1 fully saturated rings. The molecule has 1 atom stereocenters. The fraction of sp³-hybridized carbons (Fsp3) is 0.333. The molecule has 1 unspecified atom stereocenters. The molecule has 4 nitrogen and oxygen atoms in total. The number of carbonyl (C=O) groups excluding carboxylic acids is 1. The Morgan fingerprint density at radius 3 is 2.76 bits per heavy atom. The van der Waals surface area contributed by atoms with Crippen molar-refractivity contribution < 1.29 is 18.0 Å². The largest absolute Gasteiger partial charge is 0.416 e. The molecule has 1 N–H and O–H groups in total. The van der Waals surface area contributed by atoms with Gasteiger partial charge in [-0.05, 0) is 23.3 Å². The highest BCUT2D eigenvalue weighted by Crippen LogP contribution is 2.32. The summed E-state index contributed by atoms with van der Waals surface area (Å²) in [6, 6.07) is 8.66. The molecule has 1 saturated heterocycles.